The molecule has 0 heterocycles. The van der Waals surface area contributed by atoms with Crippen LogP contribution >= 0.6 is 7.82 Å². The van der Waals surface area contributed by atoms with Gasteiger partial charge in [-0.25, -0.2) is 4.57 Å². The van der Waals surface area contributed by atoms with Gasteiger partial charge in [0.05, 0.1) is 18.8 Å². The van der Waals surface area contributed by atoms with Crippen molar-refractivity contribution in [2.45, 2.75) is 240 Å². The summed E-state index contributed by atoms with van der Waals surface area (Å²) < 4.78 is 40.9. The van der Waals surface area contributed by atoms with Crippen molar-refractivity contribution >= 4 is 19.8 Å². The smallest absolute Gasteiger partial charge is 0.462 e. The van der Waals surface area contributed by atoms with Gasteiger partial charge in [0.25, 0.3) is 0 Å². The molecule has 0 bridgehead atoms. The summed E-state index contributed by atoms with van der Waals surface area (Å²) in [6.07, 6.45) is 31.0. The lowest BCUT2D eigenvalue weighted by Crippen LogP contribution is -2.30. The molecule has 0 saturated heterocycles. The van der Waals surface area contributed by atoms with Gasteiger partial charge in [0.1, 0.15) is 6.61 Å². The Bertz CT molecular complexity index is 804. The Morgan fingerprint density at radius 2 is 0.780 bits per heavy atom. The third kappa shape index (κ3) is 34.2. The summed E-state index contributed by atoms with van der Waals surface area (Å²) in [5, 5.41) is 0. The molecule has 0 radical (unpaired) electrons. The third-order valence-corrected chi connectivity index (χ3v) is 10.6. The van der Waals surface area contributed by atoms with Crippen molar-refractivity contribution in [1.29, 1.82) is 0 Å². The topological polar surface area (TPSA) is 97.4 Å². The van der Waals surface area contributed by atoms with E-state index in [9.17, 15) is 14.2 Å². The van der Waals surface area contributed by atoms with Crippen molar-refractivity contribution in [3.63, 3.8) is 0 Å². The second-order valence-electron chi connectivity index (χ2n) is 14.8. The molecule has 0 aliphatic rings. The number of ether oxygens (including phenoxy) is 2. The van der Waals surface area contributed by atoms with Crippen LogP contribution in [-0.2, 0) is 37.2 Å². The molecule has 0 aromatic carbocycles. The first-order valence-corrected chi connectivity index (χ1v) is 22.5. The summed E-state index contributed by atoms with van der Waals surface area (Å²) in [6, 6.07) is 0. The van der Waals surface area contributed by atoms with Crippen LogP contribution < -0.4 is 0 Å². The maximum atomic E-state index is 13.2. The van der Waals surface area contributed by atoms with Crippen LogP contribution in [0.5, 0.6) is 0 Å². The first kappa shape index (κ1) is 49.0. The molecule has 0 unspecified atom stereocenters. The molecule has 0 aliphatic carbocycles. The number of hydrogen-bond acceptors (Lipinski definition) is 8. The lowest BCUT2D eigenvalue weighted by atomic mass is 10.0. The van der Waals surface area contributed by atoms with Gasteiger partial charge in [0, 0.05) is 12.8 Å². The number of unbranched alkanes of at least 4 members (excludes halogenated alkanes) is 24. The predicted octanol–water partition coefficient (Wildman–Crippen LogP) is 13.4. The summed E-state index contributed by atoms with van der Waals surface area (Å²) in [6.45, 7) is 11.1. The number of carbonyl (C=O) groups excluding carboxylic acids is 2. The van der Waals surface area contributed by atoms with E-state index in [2.05, 4.69) is 13.8 Å². The summed E-state index contributed by atoms with van der Waals surface area (Å²) in [4.78, 5) is 25.3. The number of esters is 2. The maximum Gasteiger partial charge on any atom is 0.475 e. The molecule has 50 heavy (non-hydrogen) atoms. The van der Waals surface area contributed by atoms with Crippen LogP contribution in [0.4, 0.5) is 0 Å². The number of hydrogen-bond donors (Lipinski definition) is 0. The molecule has 298 valence electrons. The van der Waals surface area contributed by atoms with E-state index in [1.807, 2.05) is 0 Å². The molecule has 0 aliphatic heterocycles. The SMILES string of the molecule is CCCCCCCCCCCCCCCC(=O)OC[C@H](COP(=O)(OC(C)C)OC(C)C)OC(=O)CCCCCCCCCCCCCCC. The van der Waals surface area contributed by atoms with E-state index < -0.39 is 26.1 Å². The molecule has 8 nitrogen and oxygen atoms in total. The van der Waals surface area contributed by atoms with Crippen LogP contribution in [0, 0.1) is 0 Å². The van der Waals surface area contributed by atoms with E-state index in [0.717, 1.165) is 38.5 Å². The second kappa shape index (κ2) is 35.1. The van der Waals surface area contributed by atoms with Crippen molar-refractivity contribution in [3.8, 4) is 0 Å². The summed E-state index contributed by atoms with van der Waals surface area (Å²) in [5.41, 5.74) is 0. The standard InChI is InChI=1S/C41H81O8P/c1-7-9-11-13-15-17-19-21-23-25-27-29-31-33-40(42)45-35-39(36-46-50(44,48-37(3)4)49-38(5)6)47-41(43)34-32-30-28-26-24-22-20-18-16-14-12-10-8-2/h37-39H,7-36H2,1-6H3/t39-/m1/s1. The van der Waals surface area contributed by atoms with E-state index in [0.29, 0.717) is 6.42 Å². The van der Waals surface area contributed by atoms with E-state index in [4.69, 9.17) is 23.0 Å². The Morgan fingerprint density at radius 3 is 1.12 bits per heavy atom. The molecular weight excluding hydrogens is 651 g/mol. The summed E-state index contributed by atoms with van der Waals surface area (Å²) in [7, 11) is -3.90. The number of rotatable bonds is 38. The third-order valence-electron chi connectivity index (χ3n) is 8.80. The quantitative estimate of drug-likeness (QED) is 0.0351. The fourth-order valence-corrected chi connectivity index (χ4v) is 7.52. The zero-order valence-corrected chi connectivity index (χ0v) is 34.6. The van der Waals surface area contributed by atoms with Crippen molar-refractivity contribution in [2.75, 3.05) is 13.2 Å². The van der Waals surface area contributed by atoms with Crippen LogP contribution in [0.15, 0.2) is 0 Å². The van der Waals surface area contributed by atoms with Gasteiger partial charge >= 0.3 is 19.8 Å². The van der Waals surface area contributed by atoms with Crippen LogP contribution in [0.25, 0.3) is 0 Å². The first-order valence-electron chi connectivity index (χ1n) is 21.1. The molecule has 0 rings (SSSR count). The highest BCUT2D eigenvalue weighted by atomic mass is 31.2. The van der Waals surface area contributed by atoms with Crippen LogP contribution in [0.1, 0.15) is 221 Å². The minimum absolute atomic E-state index is 0.162. The summed E-state index contributed by atoms with van der Waals surface area (Å²) in [5.74, 6) is -0.704. The zero-order chi connectivity index (χ0) is 37.1. The van der Waals surface area contributed by atoms with Crippen molar-refractivity contribution < 1.29 is 37.2 Å². The van der Waals surface area contributed by atoms with Crippen molar-refractivity contribution in [3.05, 3.63) is 0 Å². The van der Waals surface area contributed by atoms with Crippen LogP contribution in [0.2, 0.25) is 0 Å². The van der Waals surface area contributed by atoms with Gasteiger partial charge in [-0.2, -0.15) is 0 Å². The highest BCUT2D eigenvalue weighted by Gasteiger charge is 2.32. The van der Waals surface area contributed by atoms with Crippen LogP contribution in [0.3, 0.4) is 0 Å². The Balaban J connectivity index is 4.47. The van der Waals surface area contributed by atoms with Gasteiger partial charge in [-0.3, -0.25) is 23.2 Å². The van der Waals surface area contributed by atoms with E-state index >= 15 is 0 Å². The van der Waals surface area contributed by atoms with Gasteiger partial charge in [-0.05, 0) is 40.5 Å². The molecule has 0 N–H and O–H groups in total. The maximum absolute atomic E-state index is 13.2. The molecule has 0 aromatic heterocycles. The minimum atomic E-state index is -3.90. The van der Waals surface area contributed by atoms with Crippen LogP contribution in [-0.4, -0.2) is 43.5 Å². The zero-order valence-electron chi connectivity index (χ0n) is 33.7. The molecule has 9 heteroatoms. The second-order valence-corrected chi connectivity index (χ2v) is 16.4. The monoisotopic (exact) mass is 733 g/mol. The Hall–Kier alpha value is -0.950. The fraction of sp³-hybridized carbons (Fsp3) is 0.951. The Kier molecular flexibility index (Phi) is 34.4. The molecule has 0 saturated carbocycles. The predicted molar refractivity (Wildman–Crippen MR) is 207 cm³/mol. The van der Waals surface area contributed by atoms with Crippen molar-refractivity contribution in [1.82, 2.24) is 0 Å². The summed E-state index contributed by atoms with van der Waals surface area (Å²) >= 11 is 0. The molecule has 0 aromatic rings. The molecule has 1 atom stereocenters. The lowest BCUT2D eigenvalue weighted by molar-refractivity contribution is -0.161. The first-order chi connectivity index (χ1) is 24.1. The Labute approximate surface area is 309 Å². The van der Waals surface area contributed by atoms with Gasteiger partial charge in [0.2, 0.25) is 0 Å². The molecule has 0 amide bonds. The fourth-order valence-electron chi connectivity index (χ4n) is 5.97. The average molecular weight is 733 g/mol. The van der Waals surface area contributed by atoms with E-state index in [-0.39, 0.29) is 31.6 Å². The Morgan fingerprint density at radius 1 is 0.460 bits per heavy atom. The number of carbonyl (C=O) groups is 2. The molecular formula is C41H81O8P. The largest absolute Gasteiger partial charge is 0.475 e. The highest BCUT2D eigenvalue weighted by Crippen LogP contribution is 2.51. The number of phosphoric acid groups is 1. The number of phosphoric ester groups is 1. The van der Waals surface area contributed by atoms with Gasteiger partial charge in [0.15, 0.2) is 6.10 Å². The highest BCUT2D eigenvalue weighted by molar-refractivity contribution is 7.48. The van der Waals surface area contributed by atoms with Gasteiger partial charge in [-0.1, -0.05) is 168 Å². The van der Waals surface area contributed by atoms with Crippen molar-refractivity contribution in [2.24, 2.45) is 0 Å². The van der Waals surface area contributed by atoms with Gasteiger partial charge < -0.3 is 9.47 Å². The normalized spacial score (nSPS) is 12.6. The lowest BCUT2D eigenvalue weighted by Gasteiger charge is -2.24. The molecule has 0 spiro atoms. The van der Waals surface area contributed by atoms with E-state index in [1.165, 1.54) is 128 Å². The average Bonchev–Trinajstić information content (AvgIpc) is 3.05. The van der Waals surface area contributed by atoms with Gasteiger partial charge in [-0.15, -0.1) is 0 Å². The molecule has 0 fully saturated rings. The minimum Gasteiger partial charge on any atom is -0.462 e. The van der Waals surface area contributed by atoms with E-state index in [1.54, 1.807) is 27.7 Å².